The quantitative estimate of drug-likeness (QED) is 0.515. The number of hydrogen-bond acceptors (Lipinski definition) is 7. The van der Waals surface area contributed by atoms with Crippen LogP contribution in [-0.4, -0.2) is 57.5 Å². The van der Waals surface area contributed by atoms with Gasteiger partial charge in [-0.3, -0.25) is 29.9 Å². The number of carbonyl (C=O) groups is 2. The maximum Gasteiger partial charge on any atom is 0.305 e. The van der Waals surface area contributed by atoms with Gasteiger partial charge in [0.2, 0.25) is 5.78 Å². The maximum atomic E-state index is 12.2. The summed E-state index contributed by atoms with van der Waals surface area (Å²) in [6.45, 7) is 0.900. The Morgan fingerprint density at radius 2 is 2.00 bits per heavy atom. The van der Waals surface area contributed by atoms with E-state index in [1.807, 2.05) is 0 Å². The highest BCUT2D eigenvalue weighted by atomic mass is 16.6. The van der Waals surface area contributed by atoms with Gasteiger partial charge in [-0.1, -0.05) is 0 Å². The Morgan fingerprint density at radius 1 is 1.38 bits per heavy atom. The number of piperidine rings is 1. The molecule has 2 rings (SSSR count). The number of rotatable bonds is 4. The normalized spacial score (nSPS) is 35.5. The van der Waals surface area contributed by atoms with Crippen molar-refractivity contribution in [2.45, 2.75) is 24.4 Å². The number of nitro groups is 2. The van der Waals surface area contributed by atoms with Crippen molar-refractivity contribution in [1.82, 2.24) is 4.90 Å². The Hall–Kier alpha value is -2.16. The van der Waals surface area contributed by atoms with Crippen molar-refractivity contribution in [3.05, 3.63) is 32.4 Å². The van der Waals surface area contributed by atoms with Gasteiger partial charge in [0.1, 0.15) is 11.7 Å². The lowest BCUT2D eigenvalue weighted by atomic mass is 9.61. The SMILES string of the molecule is CC(=O)C[C@H]1[C@]2([N+](=O)[O-])C=CC(=O)[C@@]1([N+](=O)[O-])CN(C)C2. The number of fused-ring (bicyclic) bond motifs is 2. The van der Waals surface area contributed by atoms with Crippen LogP contribution in [0.2, 0.25) is 0 Å². The second-order valence-corrected chi connectivity index (χ2v) is 5.76. The number of ketones is 2. The standard InChI is InChI=1S/C12H15N3O6/c1-8(16)5-9-11(14(18)19)4-3-10(17)12(9,15(20)21)7-13(2)6-11/h3-4,9H,5-7H2,1-2H3/t9-,11-,12+/m0/s1. The lowest BCUT2D eigenvalue weighted by Gasteiger charge is -2.47. The molecule has 0 radical (unpaired) electrons. The molecule has 1 heterocycles. The van der Waals surface area contributed by atoms with Crippen LogP contribution in [0.5, 0.6) is 0 Å². The highest BCUT2D eigenvalue weighted by Gasteiger charge is 2.73. The van der Waals surface area contributed by atoms with Crippen molar-refractivity contribution in [2.75, 3.05) is 20.1 Å². The van der Waals surface area contributed by atoms with Crippen LogP contribution in [0.25, 0.3) is 0 Å². The van der Waals surface area contributed by atoms with E-state index in [9.17, 15) is 29.8 Å². The van der Waals surface area contributed by atoms with Crippen molar-refractivity contribution in [3.63, 3.8) is 0 Å². The average molecular weight is 297 g/mol. The van der Waals surface area contributed by atoms with Gasteiger partial charge in [-0.25, -0.2) is 0 Å². The third-order valence-corrected chi connectivity index (χ3v) is 4.32. The Morgan fingerprint density at radius 3 is 2.48 bits per heavy atom. The van der Waals surface area contributed by atoms with E-state index in [0.717, 1.165) is 12.2 Å². The van der Waals surface area contributed by atoms with Crippen LogP contribution in [-0.2, 0) is 9.59 Å². The van der Waals surface area contributed by atoms with Gasteiger partial charge in [0.05, 0.1) is 13.1 Å². The molecule has 114 valence electrons. The average Bonchev–Trinajstić information content (AvgIpc) is 2.35. The number of nitrogens with zero attached hydrogens (tertiary/aromatic N) is 3. The van der Waals surface area contributed by atoms with Gasteiger partial charge in [0.15, 0.2) is 0 Å². The van der Waals surface area contributed by atoms with Crippen molar-refractivity contribution < 1.29 is 19.4 Å². The molecule has 0 spiro atoms. The number of Topliss-reactive ketones (excluding diaryl/α,β-unsaturated/α-hetero) is 1. The zero-order valence-electron chi connectivity index (χ0n) is 11.6. The minimum Gasteiger partial charge on any atom is -0.300 e. The topological polar surface area (TPSA) is 124 Å². The molecule has 9 heteroatoms. The van der Waals surface area contributed by atoms with E-state index in [2.05, 4.69) is 0 Å². The molecule has 0 aromatic carbocycles. The molecular formula is C12H15N3O6. The van der Waals surface area contributed by atoms with Crippen LogP contribution in [0.3, 0.4) is 0 Å². The molecular weight excluding hydrogens is 282 g/mol. The monoisotopic (exact) mass is 297 g/mol. The first-order valence-electron chi connectivity index (χ1n) is 6.37. The van der Waals surface area contributed by atoms with Crippen molar-refractivity contribution in [3.8, 4) is 0 Å². The minimum atomic E-state index is -2.14. The number of carbonyl (C=O) groups excluding carboxylic acids is 2. The molecule has 3 atom stereocenters. The van der Waals surface area contributed by atoms with Gasteiger partial charge in [-0.05, 0) is 26.1 Å². The van der Waals surface area contributed by atoms with Crippen molar-refractivity contribution in [1.29, 1.82) is 0 Å². The molecule has 2 aliphatic rings. The predicted octanol–water partition coefficient (Wildman–Crippen LogP) is -0.303. The zero-order valence-corrected chi connectivity index (χ0v) is 11.6. The molecule has 1 aliphatic carbocycles. The molecule has 2 bridgehead atoms. The van der Waals surface area contributed by atoms with Crippen LogP contribution in [0.4, 0.5) is 0 Å². The van der Waals surface area contributed by atoms with Gasteiger partial charge >= 0.3 is 5.54 Å². The molecule has 0 aromatic heterocycles. The van der Waals surface area contributed by atoms with E-state index < -0.39 is 38.4 Å². The van der Waals surface area contributed by atoms with Gasteiger partial charge in [-0.15, -0.1) is 0 Å². The van der Waals surface area contributed by atoms with Crippen molar-refractivity contribution >= 4 is 11.6 Å². The predicted molar refractivity (Wildman–Crippen MR) is 69.9 cm³/mol. The van der Waals surface area contributed by atoms with Crippen LogP contribution in [0.1, 0.15) is 13.3 Å². The molecule has 0 N–H and O–H groups in total. The third-order valence-electron chi connectivity index (χ3n) is 4.32. The molecule has 0 saturated carbocycles. The maximum absolute atomic E-state index is 12.2. The summed E-state index contributed by atoms with van der Waals surface area (Å²) in [6.07, 6.45) is 1.67. The van der Waals surface area contributed by atoms with Crippen LogP contribution >= 0.6 is 0 Å². The molecule has 9 nitrogen and oxygen atoms in total. The first kappa shape index (κ1) is 15.2. The molecule has 0 aromatic rings. The van der Waals surface area contributed by atoms with E-state index in [-0.39, 0.29) is 19.5 Å². The largest absolute Gasteiger partial charge is 0.305 e. The van der Waals surface area contributed by atoms with E-state index >= 15 is 0 Å². The van der Waals surface area contributed by atoms with Gasteiger partial charge < -0.3 is 4.79 Å². The van der Waals surface area contributed by atoms with Crippen LogP contribution in [0, 0.1) is 26.1 Å². The number of likely N-dealkylation sites (N-methyl/N-ethyl adjacent to an activating group) is 1. The van der Waals surface area contributed by atoms with E-state index in [1.54, 1.807) is 0 Å². The summed E-state index contributed by atoms with van der Waals surface area (Å²) in [5, 5.41) is 23.2. The fourth-order valence-corrected chi connectivity index (χ4v) is 3.47. The van der Waals surface area contributed by atoms with E-state index in [1.165, 1.54) is 18.9 Å². The van der Waals surface area contributed by atoms with E-state index in [4.69, 9.17) is 0 Å². The zero-order chi connectivity index (χ0) is 16.0. The third kappa shape index (κ3) is 1.96. The highest BCUT2D eigenvalue weighted by Crippen LogP contribution is 2.45. The lowest BCUT2D eigenvalue weighted by molar-refractivity contribution is -0.623. The minimum absolute atomic E-state index is 0.0721. The van der Waals surface area contributed by atoms with E-state index in [0.29, 0.717) is 0 Å². The van der Waals surface area contributed by atoms with Gasteiger partial charge in [-0.2, -0.15) is 0 Å². The summed E-state index contributed by atoms with van der Waals surface area (Å²) in [5.41, 5.74) is -3.93. The van der Waals surface area contributed by atoms with Crippen LogP contribution < -0.4 is 0 Å². The first-order valence-corrected chi connectivity index (χ1v) is 6.37. The van der Waals surface area contributed by atoms with Gasteiger partial charge in [0, 0.05) is 16.3 Å². The summed E-state index contributed by atoms with van der Waals surface area (Å²) < 4.78 is 0. The highest BCUT2D eigenvalue weighted by molar-refractivity contribution is 5.99. The van der Waals surface area contributed by atoms with Crippen LogP contribution in [0.15, 0.2) is 12.2 Å². The summed E-state index contributed by atoms with van der Waals surface area (Å²) in [4.78, 5) is 46.8. The molecule has 0 amide bonds. The summed E-state index contributed by atoms with van der Waals surface area (Å²) in [6, 6.07) is 0. The lowest BCUT2D eigenvalue weighted by Crippen LogP contribution is -2.74. The summed E-state index contributed by atoms with van der Waals surface area (Å²) in [7, 11) is 1.49. The Bertz CT molecular complexity index is 573. The summed E-state index contributed by atoms with van der Waals surface area (Å²) in [5.74, 6) is -2.48. The van der Waals surface area contributed by atoms with Crippen molar-refractivity contribution in [2.24, 2.45) is 5.92 Å². The molecule has 1 aliphatic heterocycles. The number of hydrogen-bond donors (Lipinski definition) is 0. The second kappa shape index (κ2) is 4.69. The fourth-order valence-electron chi connectivity index (χ4n) is 3.47. The molecule has 1 saturated heterocycles. The van der Waals surface area contributed by atoms with Gasteiger partial charge in [0.25, 0.3) is 5.54 Å². The second-order valence-electron chi connectivity index (χ2n) is 5.76. The number of likely N-dealkylation sites (tertiary alicyclic amines) is 1. The molecule has 0 unspecified atom stereocenters. The Labute approximate surface area is 119 Å². The molecule has 21 heavy (non-hydrogen) atoms. The Kier molecular flexibility index (Phi) is 3.40. The first-order chi connectivity index (χ1) is 9.66. The fraction of sp³-hybridized carbons (Fsp3) is 0.667. The molecule has 1 fully saturated rings. The smallest absolute Gasteiger partial charge is 0.300 e. The Balaban J connectivity index is 2.71. The summed E-state index contributed by atoms with van der Waals surface area (Å²) >= 11 is 0.